The summed E-state index contributed by atoms with van der Waals surface area (Å²) in [6.07, 6.45) is 1.70. The number of hydrogen-bond acceptors (Lipinski definition) is 2. The third-order valence-electron chi connectivity index (χ3n) is 5.02. The van der Waals surface area contributed by atoms with E-state index in [9.17, 15) is 9.59 Å². The van der Waals surface area contributed by atoms with Crippen LogP contribution >= 0.6 is 0 Å². The summed E-state index contributed by atoms with van der Waals surface area (Å²) < 4.78 is 1.99. The zero-order valence-electron chi connectivity index (χ0n) is 16.0. The number of aromatic nitrogens is 1. The summed E-state index contributed by atoms with van der Waals surface area (Å²) in [5, 5.41) is 0.563. The van der Waals surface area contributed by atoms with Crippen molar-refractivity contribution in [2.24, 2.45) is 0 Å². The Hall–Kier alpha value is -3.46. The molecular weight excluding hydrogens is 346 g/mol. The molecule has 0 unspecified atom stereocenters. The van der Waals surface area contributed by atoms with E-state index < -0.39 is 0 Å². The molecule has 0 N–H and O–H groups in total. The number of rotatable bonds is 4. The second-order valence-corrected chi connectivity index (χ2v) is 7.20. The predicted molar refractivity (Wildman–Crippen MR) is 113 cm³/mol. The minimum absolute atomic E-state index is 0.203. The molecular formula is C25H21NO2. The normalized spacial score (nSPS) is 10.9. The van der Waals surface area contributed by atoms with E-state index in [4.69, 9.17) is 0 Å². The lowest BCUT2D eigenvalue weighted by Crippen LogP contribution is -2.20. The molecule has 0 atom stereocenters. The minimum atomic E-state index is -0.242. The SMILES string of the molecule is Cc1ccc(Cn2cc(C(=O)c3ccc(C)cc3)c(=O)c3ccccc32)cc1. The Morgan fingerprint density at radius 2 is 1.43 bits per heavy atom. The van der Waals surface area contributed by atoms with Crippen LogP contribution in [0.3, 0.4) is 0 Å². The van der Waals surface area contributed by atoms with Gasteiger partial charge in [-0.15, -0.1) is 0 Å². The summed E-state index contributed by atoms with van der Waals surface area (Å²) >= 11 is 0. The molecule has 0 aliphatic carbocycles. The zero-order valence-corrected chi connectivity index (χ0v) is 16.0. The Labute approximate surface area is 163 Å². The van der Waals surface area contributed by atoms with Crippen molar-refractivity contribution in [2.75, 3.05) is 0 Å². The number of carbonyl (C=O) groups is 1. The highest BCUT2D eigenvalue weighted by Gasteiger charge is 2.17. The smallest absolute Gasteiger partial charge is 0.200 e. The molecule has 0 aliphatic rings. The summed E-state index contributed by atoms with van der Waals surface area (Å²) in [5.74, 6) is -0.242. The first-order valence-electron chi connectivity index (χ1n) is 9.32. The maximum atomic E-state index is 13.1. The lowest BCUT2D eigenvalue weighted by atomic mass is 10.0. The van der Waals surface area contributed by atoms with Crippen molar-refractivity contribution < 1.29 is 4.79 Å². The molecule has 28 heavy (non-hydrogen) atoms. The predicted octanol–water partition coefficient (Wildman–Crippen LogP) is 4.90. The average Bonchev–Trinajstić information content (AvgIpc) is 2.72. The van der Waals surface area contributed by atoms with Gasteiger partial charge in [0, 0.05) is 23.7 Å². The molecule has 3 aromatic carbocycles. The van der Waals surface area contributed by atoms with Crippen LogP contribution in [0.5, 0.6) is 0 Å². The number of para-hydroxylation sites is 1. The Kier molecular flexibility index (Phi) is 4.66. The molecule has 4 rings (SSSR count). The second-order valence-electron chi connectivity index (χ2n) is 7.20. The molecule has 138 valence electrons. The highest BCUT2D eigenvalue weighted by atomic mass is 16.1. The van der Waals surface area contributed by atoms with Gasteiger partial charge >= 0.3 is 0 Å². The first-order valence-corrected chi connectivity index (χ1v) is 9.32. The number of pyridine rings is 1. The van der Waals surface area contributed by atoms with E-state index in [0.717, 1.165) is 16.6 Å². The van der Waals surface area contributed by atoms with Crippen molar-refractivity contribution >= 4 is 16.7 Å². The highest BCUT2D eigenvalue weighted by Crippen LogP contribution is 2.17. The van der Waals surface area contributed by atoms with Crippen LogP contribution in [0.2, 0.25) is 0 Å². The highest BCUT2D eigenvalue weighted by molar-refractivity contribution is 6.10. The van der Waals surface area contributed by atoms with Gasteiger partial charge in [-0.25, -0.2) is 0 Å². The van der Waals surface area contributed by atoms with Crippen LogP contribution < -0.4 is 5.43 Å². The van der Waals surface area contributed by atoms with Gasteiger partial charge in [-0.3, -0.25) is 9.59 Å². The molecule has 3 nitrogen and oxygen atoms in total. The topological polar surface area (TPSA) is 39.1 Å². The third kappa shape index (κ3) is 3.39. The van der Waals surface area contributed by atoms with Crippen LogP contribution in [0.15, 0.2) is 83.8 Å². The van der Waals surface area contributed by atoms with Gasteiger partial charge in [-0.2, -0.15) is 0 Å². The van der Waals surface area contributed by atoms with Gasteiger partial charge in [0.25, 0.3) is 0 Å². The fourth-order valence-corrected chi connectivity index (χ4v) is 3.39. The monoisotopic (exact) mass is 367 g/mol. The van der Waals surface area contributed by atoms with Crippen LogP contribution in [-0.2, 0) is 6.54 Å². The number of nitrogens with zero attached hydrogens (tertiary/aromatic N) is 1. The molecule has 0 radical (unpaired) electrons. The van der Waals surface area contributed by atoms with E-state index in [-0.39, 0.29) is 16.8 Å². The van der Waals surface area contributed by atoms with Crippen LogP contribution in [0, 0.1) is 13.8 Å². The summed E-state index contributed by atoms with van der Waals surface area (Å²) in [6, 6.07) is 23.1. The van der Waals surface area contributed by atoms with Gasteiger partial charge in [0.1, 0.15) is 0 Å². The van der Waals surface area contributed by atoms with Crippen molar-refractivity contribution in [3.05, 3.63) is 117 Å². The van der Waals surface area contributed by atoms with Crippen molar-refractivity contribution in [3.63, 3.8) is 0 Å². The quantitative estimate of drug-likeness (QED) is 0.481. The summed E-state index contributed by atoms with van der Waals surface area (Å²) in [4.78, 5) is 26.1. The Morgan fingerprint density at radius 1 is 0.821 bits per heavy atom. The van der Waals surface area contributed by atoms with Crippen molar-refractivity contribution in [2.45, 2.75) is 20.4 Å². The molecule has 0 saturated heterocycles. The summed E-state index contributed by atoms with van der Waals surface area (Å²) in [7, 11) is 0. The first kappa shape index (κ1) is 17.9. The van der Waals surface area contributed by atoms with E-state index in [1.807, 2.05) is 41.8 Å². The molecule has 0 aliphatic heterocycles. The molecule has 0 saturated carbocycles. The van der Waals surface area contributed by atoms with Crippen molar-refractivity contribution in [3.8, 4) is 0 Å². The number of ketones is 1. The molecule has 0 fully saturated rings. The van der Waals surface area contributed by atoms with E-state index >= 15 is 0 Å². The fourth-order valence-electron chi connectivity index (χ4n) is 3.39. The van der Waals surface area contributed by atoms with E-state index in [1.165, 1.54) is 5.56 Å². The standard InChI is InChI=1S/C25H21NO2/c1-17-7-11-19(12-8-17)15-26-16-22(24(27)20-13-9-18(2)10-14-20)25(28)21-5-3-4-6-23(21)26/h3-14,16H,15H2,1-2H3. The molecule has 0 bridgehead atoms. The van der Waals surface area contributed by atoms with Gasteiger partial charge in [0.15, 0.2) is 5.78 Å². The molecule has 0 spiro atoms. The fraction of sp³-hybridized carbons (Fsp3) is 0.120. The van der Waals surface area contributed by atoms with E-state index in [2.05, 4.69) is 31.2 Å². The molecule has 1 aromatic heterocycles. The summed E-state index contributed by atoms with van der Waals surface area (Å²) in [6.45, 7) is 4.62. The Balaban J connectivity index is 1.86. The van der Waals surface area contributed by atoms with Gasteiger partial charge < -0.3 is 4.57 Å². The number of hydrogen-bond donors (Lipinski definition) is 0. The Bertz CT molecular complexity index is 1220. The van der Waals surface area contributed by atoms with E-state index in [1.54, 1.807) is 24.4 Å². The van der Waals surface area contributed by atoms with Crippen molar-refractivity contribution in [1.29, 1.82) is 0 Å². The maximum Gasteiger partial charge on any atom is 0.200 e. The van der Waals surface area contributed by atoms with Crippen molar-refractivity contribution in [1.82, 2.24) is 4.57 Å². The molecule has 4 aromatic rings. The number of aryl methyl sites for hydroxylation is 2. The third-order valence-corrected chi connectivity index (χ3v) is 5.02. The molecule has 3 heteroatoms. The Morgan fingerprint density at radius 3 is 2.11 bits per heavy atom. The van der Waals surface area contributed by atoms with Gasteiger partial charge in [-0.1, -0.05) is 71.8 Å². The number of fused-ring (bicyclic) bond motifs is 1. The van der Waals surface area contributed by atoms with Crippen LogP contribution in [0.1, 0.15) is 32.6 Å². The number of carbonyl (C=O) groups excluding carboxylic acids is 1. The first-order chi connectivity index (χ1) is 13.5. The van der Waals surface area contributed by atoms with Gasteiger partial charge in [0.2, 0.25) is 5.43 Å². The lowest BCUT2D eigenvalue weighted by Gasteiger charge is -2.14. The maximum absolute atomic E-state index is 13.1. The zero-order chi connectivity index (χ0) is 19.7. The average molecular weight is 367 g/mol. The molecule has 0 amide bonds. The largest absolute Gasteiger partial charge is 0.342 e. The molecule has 1 heterocycles. The van der Waals surface area contributed by atoms with Crippen LogP contribution in [0.25, 0.3) is 10.9 Å². The second kappa shape index (κ2) is 7.28. The summed E-state index contributed by atoms with van der Waals surface area (Å²) in [5.41, 5.74) is 4.73. The van der Waals surface area contributed by atoms with Crippen LogP contribution in [0.4, 0.5) is 0 Å². The van der Waals surface area contributed by atoms with E-state index in [0.29, 0.717) is 17.5 Å². The van der Waals surface area contributed by atoms with Crippen LogP contribution in [-0.4, -0.2) is 10.4 Å². The lowest BCUT2D eigenvalue weighted by molar-refractivity contribution is 0.103. The van der Waals surface area contributed by atoms with Gasteiger partial charge in [0.05, 0.1) is 11.1 Å². The van der Waals surface area contributed by atoms with Gasteiger partial charge in [-0.05, 0) is 31.5 Å². The minimum Gasteiger partial charge on any atom is -0.342 e. The number of benzene rings is 3.